The fourth-order valence-electron chi connectivity index (χ4n) is 1.55. The van der Waals surface area contributed by atoms with E-state index in [1.807, 2.05) is 4.98 Å². The number of hydrogen-bond donors (Lipinski definition) is 1. The lowest BCUT2D eigenvalue weighted by atomic mass is 10.2. The van der Waals surface area contributed by atoms with Crippen LogP contribution < -0.4 is 5.69 Å². The Bertz CT molecular complexity index is 734. The van der Waals surface area contributed by atoms with Crippen molar-refractivity contribution in [1.29, 1.82) is 0 Å². The summed E-state index contributed by atoms with van der Waals surface area (Å²) >= 11 is 16.8. The summed E-state index contributed by atoms with van der Waals surface area (Å²) in [5.41, 5.74) is -1.18. The highest BCUT2D eigenvalue weighted by molar-refractivity contribution is 6.37. The second kappa shape index (κ2) is 6.13. The van der Waals surface area contributed by atoms with Crippen molar-refractivity contribution < 1.29 is 8.78 Å². The molecule has 0 amide bonds. The maximum Gasteiger partial charge on any atom is 0.362 e. The number of nitrogens with one attached hydrogen (secondary N) is 1. The molecule has 0 radical (unpaired) electrons. The number of aromatic nitrogens is 2. The predicted molar refractivity (Wildman–Crippen MR) is 80.0 cm³/mol. The maximum absolute atomic E-state index is 13.0. The number of alkyl halides is 3. The van der Waals surface area contributed by atoms with Crippen molar-refractivity contribution in [2.24, 2.45) is 0 Å². The fourth-order valence-corrected chi connectivity index (χ4v) is 2.18. The Morgan fingerprint density at radius 3 is 2.38 bits per heavy atom. The Hall–Kier alpha value is -1.43. The molecule has 1 aromatic heterocycles. The van der Waals surface area contributed by atoms with Crippen molar-refractivity contribution >= 4 is 47.0 Å². The first-order chi connectivity index (χ1) is 9.77. The van der Waals surface area contributed by atoms with Gasteiger partial charge >= 0.3 is 11.1 Å². The molecule has 0 aliphatic heterocycles. The van der Waals surface area contributed by atoms with Gasteiger partial charge in [-0.15, -0.1) is 0 Å². The third kappa shape index (κ3) is 4.03. The Balaban J connectivity index is 2.42. The lowest BCUT2D eigenvalue weighted by Gasteiger charge is -2.07. The van der Waals surface area contributed by atoms with Crippen molar-refractivity contribution in [3.8, 4) is 0 Å². The van der Waals surface area contributed by atoms with Gasteiger partial charge in [0, 0.05) is 15.6 Å². The summed E-state index contributed by atoms with van der Waals surface area (Å²) in [5, 5.41) is -2.93. The van der Waals surface area contributed by atoms with Crippen LogP contribution in [0.2, 0.25) is 10.0 Å². The van der Waals surface area contributed by atoms with E-state index in [2.05, 4.69) is 4.98 Å². The molecule has 0 atom stereocenters. The SMILES string of the molecule is O=c1nc(C=Cc2c(Cl)cccc2Cl)cc(C(F)(F)Cl)[nH]1. The molecule has 1 N–H and O–H groups in total. The molecule has 2 aromatic rings. The predicted octanol–water partition coefficient (Wildman–Crippen LogP) is 4.54. The standard InChI is InChI=1S/C13H7Cl3F2N2O/c14-9-2-1-3-10(15)8(9)5-4-7-6-11(13(16,17)18)20-12(21)19-7/h1-6H,(H,19,20,21). The Morgan fingerprint density at radius 2 is 1.81 bits per heavy atom. The summed E-state index contributed by atoms with van der Waals surface area (Å²) in [4.78, 5) is 16.7. The van der Waals surface area contributed by atoms with Gasteiger partial charge < -0.3 is 4.98 Å². The van der Waals surface area contributed by atoms with Crippen LogP contribution in [0.3, 0.4) is 0 Å². The number of rotatable bonds is 3. The zero-order valence-electron chi connectivity index (χ0n) is 10.2. The molecule has 0 fully saturated rings. The normalized spacial score (nSPS) is 12.0. The van der Waals surface area contributed by atoms with E-state index in [0.717, 1.165) is 6.07 Å². The van der Waals surface area contributed by atoms with Gasteiger partial charge in [-0.2, -0.15) is 13.8 Å². The zero-order valence-corrected chi connectivity index (χ0v) is 12.5. The number of benzene rings is 1. The molecule has 110 valence electrons. The quantitative estimate of drug-likeness (QED) is 0.826. The second-order valence-electron chi connectivity index (χ2n) is 3.99. The third-order valence-corrected chi connectivity index (χ3v) is 3.35. The Labute approximate surface area is 133 Å². The minimum Gasteiger partial charge on any atom is -0.303 e. The van der Waals surface area contributed by atoms with E-state index in [0.29, 0.717) is 15.6 Å². The van der Waals surface area contributed by atoms with Gasteiger partial charge in [0.1, 0.15) is 5.69 Å². The number of H-pyrrole nitrogens is 1. The molecule has 3 nitrogen and oxygen atoms in total. The van der Waals surface area contributed by atoms with Crippen LogP contribution in [0.25, 0.3) is 12.2 Å². The van der Waals surface area contributed by atoms with Crippen molar-refractivity contribution in [2.75, 3.05) is 0 Å². The molecule has 0 unspecified atom stereocenters. The van der Waals surface area contributed by atoms with E-state index in [1.54, 1.807) is 18.2 Å². The highest BCUT2D eigenvalue weighted by Crippen LogP contribution is 2.30. The van der Waals surface area contributed by atoms with E-state index in [4.69, 9.17) is 34.8 Å². The van der Waals surface area contributed by atoms with Gasteiger partial charge in [0.05, 0.1) is 5.69 Å². The molecule has 0 aliphatic rings. The van der Waals surface area contributed by atoms with Gasteiger partial charge in [0.2, 0.25) is 0 Å². The summed E-state index contributed by atoms with van der Waals surface area (Å²) < 4.78 is 26.0. The first-order valence-corrected chi connectivity index (χ1v) is 6.71. The van der Waals surface area contributed by atoms with E-state index in [-0.39, 0.29) is 5.69 Å². The van der Waals surface area contributed by atoms with Gasteiger partial charge in [-0.05, 0) is 42.0 Å². The minimum absolute atomic E-state index is 0.00469. The minimum atomic E-state index is -3.69. The van der Waals surface area contributed by atoms with Crippen LogP contribution >= 0.6 is 34.8 Å². The molecular formula is C13H7Cl3F2N2O. The number of aromatic amines is 1. The molecule has 0 aliphatic carbocycles. The van der Waals surface area contributed by atoms with Gasteiger partial charge in [-0.1, -0.05) is 29.3 Å². The topological polar surface area (TPSA) is 45.8 Å². The van der Waals surface area contributed by atoms with E-state index < -0.39 is 16.8 Å². The highest BCUT2D eigenvalue weighted by Gasteiger charge is 2.29. The Kier molecular flexibility index (Phi) is 4.66. The summed E-state index contributed by atoms with van der Waals surface area (Å²) in [6.07, 6.45) is 2.82. The maximum atomic E-state index is 13.0. The average molecular weight is 352 g/mol. The van der Waals surface area contributed by atoms with Crippen molar-refractivity contribution in [2.45, 2.75) is 5.38 Å². The molecule has 8 heteroatoms. The van der Waals surface area contributed by atoms with E-state index >= 15 is 0 Å². The van der Waals surface area contributed by atoms with Gasteiger partial charge in [0.25, 0.3) is 0 Å². The molecule has 0 saturated carbocycles. The van der Waals surface area contributed by atoms with E-state index in [9.17, 15) is 13.6 Å². The average Bonchev–Trinajstić information content (AvgIpc) is 2.36. The first kappa shape index (κ1) is 15.9. The van der Waals surface area contributed by atoms with Gasteiger partial charge in [-0.25, -0.2) is 4.79 Å². The largest absolute Gasteiger partial charge is 0.362 e. The second-order valence-corrected chi connectivity index (χ2v) is 5.28. The zero-order chi connectivity index (χ0) is 15.6. The van der Waals surface area contributed by atoms with Crippen LogP contribution in [0, 0.1) is 0 Å². The van der Waals surface area contributed by atoms with Crippen LogP contribution in [0.15, 0.2) is 29.1 Å². The van der Waals surface area contributed by atoms with Gasteiger partial charge in [-0.3, -0.25) is 0 Å². The van der Waals surface area contributed by atoms with Crippen LogP contribution in [0.5, 0.6) is 0 Å². The smallest absolute Gasteiger partial charge is 0.303 e. The van der Waals surface area contributed by atoms with Crippen LogP contribution in [-0.2, 0) is 5.38 Å². The summed E-state index contributed by atoms with van der Waals surface area (Å²) in [7, 11) is 0. The third-order valence-electron chi connectivity index (χ3n) is 2.49. The number of nitrogens with zero attached hydrogens (tertiary/aromatic N) is 1. The molecule has 0 spiro atoms. The molecule has 21 heavy (non-hydrogen) atoms. The first-order valence-electron chi connectivity index (χ1n) is 5.58. The Morgan fingerprint density at radius 1 is 1.19 bits per heavy atom. The van der Waals surface area contributed by atoms with Crippen molar-refractivity contribution in [1.82, 2.24) is 9.97 Å². The summed E-state index contributed by atoms with van der Waals surface area (Å²) in [5.74, 6) is 0. The van der Waals surface area contributed by atoms with Crippen molar-refractivity contribution in [3.05, 3.63) is 61.7 Å². The van der Waals surface area contributed by atoms with Crippen LogP contribution in [0.1, 0.15) is 17.0 Å². The van der Waals surface area contributed by atoms with E-state index in [1.165, 1.54) is 12.2 Å². The van der Waals surface area contributed by atoms with Crippen molar-refractivity contribution in [3.63, 3.8) is 0 Å². The molecule has 1 heterocycles. The fraction of sp³-hybridized carbons (Fsp3) is 0.0769. The molecule has 2 rings (SSSR count). The molecule has 0 saturated heterocycles. The van der Waals surface area contributed by atoms with Crippen LogP contribution in [0.4, 0.5) is 8.78 Å². The highest BCUT2D eigenvalue weighted by atomic mass is 35.5. The molecular weight excluding hydrogens is 345 g/mol. The molecule has 1 aromatic carbocycles. The number of hydrogen-bond acceptors (Lipinski definition) is 2. The monoisotopic (exact) mass is 350 g/mol. The van der Waals surface area contributed by atoms with Gasteiger partial charge in [0.15, 0.2) is 0 Å². The lowest BCUT2D eigenvalue weighted by molar-refractivity contribution is 0.0894. The lowest BCUT2D eigenvalue weighted by Crippen LogP contribution is -2.18. The van der Waals surface area contributed by atoms with Crippen LogP contribution in [-0.4, -0.2) is 9.97 Å². The molecule has 0 bridgehead atoms. The number of halogens is 5. The summed E-state index contributed by atoms with van der Waals surface area (Å²) in [6.45, 7) is 0. The summed E-state index contributed by atoms with van der Waals surface area (Å²) in [6, 6.07) is 5.88.